The van der Waals surface area contributed by atoms with Crippen molar-refractivity contribution in [2.75, 3.05) is 7.11 Å². The quantitative estimate of drug-likeness (QED) is 0.713. The van der Waals surface area contributed by atoms with E-state index in [1.54, 1.807) is 7.11 Å². The van der Waals surface area contributed by atoms with Gasteiger partial charge in [-0.3, -0.25) is 0 Å². The van der Waals surface area contributed by atoms with E-state index in [4.69, 9.17) is 4.74 Å². The van der Waals surface area contributed by atoms with Gasteiger partial charge in [0.25, 0.3) is 0 Å². The standard InChI is InChI=1S/C20H26O/c1-15-3-5-16(6-4-15)17-7-9-18(10-8-17)19-11-13-20(21-2)14-12-19/h7,9-17H,3-6,8H2,1-2H3. The third kappa shape index (κ3) is 3.40. The van der Waals surface area contributed by atoms with Crippen molar-refractivity contribution in [2.45, 2.75) is 39.0 Å². The molecule has 0 spiro atoms. The molecule has 0 amide bonds. The minimum atomic E-state index is 0.763. The minimum Gasteiger partial charge on any atom is -0.497 e. The van der Waals surface area contributed by atoms with Gasteiger partial charge < -0.3 is 4.74 Å². The topological polar surface area (TPSA) is 9.23 Å². The van der Waals surface area contributed by atoms with Crippen LogP contribution in [-0.2, 0) is 0 Å². The monoisotopic (exact) mass is 282 g/mol. The average molecular weight is 282 g/mol. The van der Waals surface area contributed by atoms with Crippen LogP contribution in [0.5, 0.6) is 5.75 Å². The van der Waals surface area contributed by atoms with Crippen LogP contribution >= 0.6 is 0 Å². The molecule has 1 aromatic carbocycles. The van der Waals surface area contributed by atoms with Gasteiger partial charge in [0.1, 0.15) is 5.75 Å². The van der Waals surface area contributed by atoms with Crippen molar-refractivity contribution in [1.82, 2.24) is 0 Å². The van der Waals surface area contributed by atoms with E-state index in [2.05, 4.69) is 37.3 Å². The van der Waals surface area contributed by atoms with Gasteiger partial charge in [0, 0.05) is 0 Å². The maximum atomic E-state index is 5.22. The molecule has 1 nitrogen and oxygen atoms in total. The highest BCUT2D eigenvalue weighted by atomic mass is 16.5. The molecule has 21 heavy (non-hydrogen) atoms. The van der Waals surface area contributed by atoms with Gasteiger partial charge in [-0.2, -0.15) is 0 Å². The summed E-state index contributed by atoms with van der Waals surface area (Å²) in [5.41, 5.74) is 2.65. The summed E-state index contributed by atoms with van der Waals surface area (Å²) >= 11 is 0. The van der Waals surface area contributed by atoms with Crippen LogP contribution in [0.1, 0.15) is 44.6 Å². The Bertz CT molecular complexity index is 515. The Morgan fingerprint density at radius 2 is 1.71 bits per heavy atom. The molecule has 1 saturated carbocycles. The first-order valence-corrected chi connectivity index (χ1v) is 8.29. The van der Waals surface area contributed by atoms with E-state index in [0.717, 1.165) is 23.5 Å². The first kappa shape index (κ1) is 14.4. The minimum absolute atomic E-state index is 0.763. The summed E-state index contributed by atoms with van der Waals surface area (Å²) in [7, 11) is 1.71. The molecular formula is C20H26O. The summed E-state index contributed by atoms with van der Waals surface area (Å²) in [5, 5.41) is 0. The predicted molar refractivity (Wildman–Crippen MR) is 89.3 cm³/mol. The summed E-state index contributed by atoms with van der Waals surface area (Å²) in [6.07, 6.45) is 14.1. The second-order valence-corrected chi connectivity index (χ2v) is 6.67. The smallest absolute Gasteiger partial charge is 0.118 e. The molecule has 1 atom stereocenters. The van der Waals surface area contributed by atoms with Gasteiger partial charge in [-0.05, 0) is 60.3 Å². The van der Waals surface area contributed by atoms with Crippen molar-refractivity contribution in [2.24, 2.45) is 17.8 Å². The number of ether oxygens (including phenoxy) is 1. The molecule has 0 aromatic heterocycles. The van der Waals surface area contributed by atoms with Gasteiger partial charge in [0.2, 0.25) is 0 Å². The number of allylic oxidation sites excluding steroid dienone is 4. The van der Waals surface area contributed by atoms with Gasteiger partial charge in [-0.25, -0.2) is 0 Å². The first-order chi connectivity index (χ1) is 10.3. The van der Waals surface area contributed by atoms with Gasteiger partial charge >= 0.3 is 0 Å². The normalized spacial score (nSPS) is 29.0. The maximum Gasteiger partial charge on any atom is 0.118 e. The molecular weight excluding hydrogens is 256 g/mol. The van der Waals surface area contributed by atoms with E-state index < -0.39 is 0 Å². The summed E-state index contributed by atoms with van der Waals surface area (Å²) in [6.45, 7) is 2.40. The fraction of sp³-hybridized carbons (Fsp3) is 0.500. The Hall–Kier alpha value is -1.50. The molecule has 1 aromatic rings. The fourth-order valence-corrected chi connectivity index (χ4v) is 3.70. The van der Waals surface area contributed by atoms with Crippen molar-refractivity contribution in [3.63, 3.8) is 0 Å². The van der Waals surface area contributed by atoms with Gasteiger partial charge in [-0.1, -0.05) is 50.1 Å². The van der Waals surface area contributed by atoms with E-state index in [0.29, 0.717) is 0 Å². The summed E-state index contributed by atoms with van der Waals surface area (Å²) in [6, 6.07) is 8.38. The lowest BCUT2D eigenvalue weighted by Gasteiger charge is -2.32. The number of hydrogen-bond donors (Lipinski definition) is 0. The zero-order valence-corrected chi connectivity index (χ0v) is 13.2. The molecule has 2 aliphatic rings. The molecule has 1 fully saturated rings. The van der Waals surface area contributed by atoms with Gasteiger partial charge in [-0.15, -0.1) is 0 Å². The summed E-state index contributed by atoms with van der Waals surface area (Å²) < 4.78 is 5.22. The van der Waals surface area contributed by atoms with Crippen molar-refractivity contribution >= 4 is 5.57 Å². The van der Waals surface area contributed by atoms with Crippen LogP contribution in [-0.4, -0.2) is 7.11 Å². The number of benzene rings is 1. The second-order valence-electron chi connectivity index (χ2n) is 6.67. The van der Waals surface area contributed by atoms with Crippen LogP contribution in [0.2, 0.25) is 0 Å². The molecule has 1 heteroatoms. The Balaban J connectivity index is 1.62. The zero-order valence-electron chi connectivity index (χ0n) is 13.2. The van der Waals surface area contributed by atoms with E-state index >= 15 is 0 Å². The molecule has 0 radical (unpaired) electrons. The number of methoxy groups -OCH3 is 1. The SMILES string of the molecule is COc1ccc(C2=CCC(C3CCC(C)CC3)C=C2)cc1. The lowest BCUT2D eigenvalue weighted by Crippen LogP contribution is -2.20. The van der Waals surface area contributed by atoms with Crippen LogP contribution < -0.4 is 4.74 Å². The summed E-state index contributed by atoms with van der Waals surface area (Å²) in [4.78, 5) is 0. The van der Waals surface area contributed by atoms with Crippen LogP contribution in [0.4, 0.5) is 0 Å². The molecule has 0 bridgehead atoms. The van der Waals surface area contributed by atoms with Crippen molar-refractivity contribution < 1.29 is 4.74 Å². The largest absolute Gasteiger partial charge is 0.497 e. The molecule has 2 aliphatic carbocycles. The van der Waals surface area contributed by atoms with Crippen molar-refractivity contribution in [3.8, 4) is 5.75 Å². The lowest BCUT2D eigenvalue weighted by molar-refractivity contribution is 0.240. The predicted octanol–water partition coefficient (Wildman–Crippen LogP) is 5.48. The molecule has 0 aliphatic heterocycles. The van der Waals surface area contributed by atoms with Crippen LogP contribution in [0.25, 0.3) is 5.57 Å². The molecule has 3 rings (SSSR count). The maximum absolute atomic E-state index is 5.22. The summed E-state index contributed by atoms with van der Waals surface area (Å²) in [5.74, 6) is 3.54. The highest BCUT2D eigenvalue weighted by Gasteiger charge is 2.25. The third-order valence-corrected chi connectivity index (χ3v) is 5.22. The van der Waals surface area contributed by atoms with Crippen LogP contribution in [0.3, 0.4) is 0 Å². The number of hydrogen-bond acceptors (Lipinski definition) is 1. The van der Waals surface area contributed by atoms with Crippen molar-refractivity contribution in [3.05, 3.63) is 48.1 Å². The molecule has 0 N–H and O–H groups in total. The molecule has 1 unspecified atom stereocenters. The Labute approximate surface area is 128 Å². The van der Waals surface area contributed by atoms with Crippen LogP contribution in [0, 0.1) is 17.8 Å². The van der Waals surface area contributed by atoms with Gasteiger partial charge in [0.05, 0.1) is 7.11 Å². The van der Waals surface area contributed by atoms with Gasteiger partial charge in [0.15, 0.2) is 0 Å². The fourth-order valence-electron chi connectivity index (χ4n) is 3.70. The number of rotatable bonds is 3. The zero-order chi connectivity index (χ0) is 14.7. The highest BCUT2D eigenvalue weighted by Crippen LogP contribution is 2.38. The highest BCUT2D eigenvalue weighted by molar-refractivity contribution is 5.75. The molecule has 112 valence electrons. The van der Waals surface area contributed by atoms with E-state index in [9.17, 15) is 0 Å². The Kier molecular flexibility index (Phi) is 4.48. The first-order valence-electron chi connectivity index (χ1n) is 8.29. The van der Waals surface area contributed by atoms with E-state index in [1.165, 1.54) is 43.2 Å². The van der Waals surface area contributed by atoms with Crippen molar-refractivity contribution in [1.29, 1.82) is 0 Å². The third-order valence-electron chi connectivity index (χ3n) is 5.22. The lowest BCUT2D eigenvalue weighted by atomic mass is 9.74. The molecule has 0 saturated heterocycles. The Morgan fingerprint density at radius 1 is 1.00 bits per heavy atom. The Morgan fingerprint density at radius 3 is 2.29 bits per heavy atom. The van der Waals surface area contributed by atoms with E-state index in [-0.39, 0.29) is 0 Å². The van der Waals surface area contributed by atoms with E-state index in [1.807, 2.05) is 12.1 Å². The second kappa shape index (κ2) is 6.51. The molecule has 0 heterocycles. The average Bonchev–Trinajstić information content (AvgIpc) is 2.56. The van der Waals surface area contributed by atoms with Crippen LogP contribution in [0.15, 0.2) is 42.5 Å².